The van der Waals surface area contributed by atoms with E-state index >= 15 is 0 Å². The Morgan fingerprint density at radius 1 is 1.10 bits per heavy atom. The molecule has 8 nitrogen and oxygen atoms in total. The van der Waals surface area contributed by atoms with Crippen LogP contribution in [0.1, 0.15) is 26.5 Å². The van der Waals surface area contributed by atoms with E-state index < -0.39 is 22.6 Å². The number of imide groups is 1. The van der Waals surface area contributed by atoms with E-state index in [1.54, 1.807) is 12.1 Å². The molecular weight excluding hydrogens is 278 g/mol. The summed E-state index contributed by atoms with van der Waals surface area (Å²) in [4.78, 5) is 33.8. The second kappa shape index (κ2) is 4.67. The first-order valence-corrected chi connectivity index (χ1v) is 5.84. The van der Waals surface area contributed by atoms with Crippen LogP contribution >= 0.6 is 0 Å². The Morgan fingerprint density at radius 3 is 2.24 bits per heavy atom. The van der Waals surface area contributed by atoms with Gasteiger partial charge in [-0.05, 0) is 18.2 Å². The Hall–Kier alpha value is -3.29. The standard InChI is InChI=1S/C13H7N3O5/c17-12-9-3-1-2-4-10(9)13(18)15(12)14-7-8-5-6-11(21-8)16(19)20/h1-7H/b14-7+. The highest BCUT2D eigenvalue weighted by Crippen LogP contribution is 2.22. The molecule has 0 radical (unpaired) electrons. The van der Waals surface area contributed by atoms with Crippen LogP contribution in [0.15, 0.2) is 45.9 Å². The number of furan rings is 1. The molecule has 2 aromatic rings. The molecule has 2 heterocycles. The molecule has 104 valence electrons. The van der Waals surface area contributed by atoms with Crippen LogP contribution in [0.4, 0.5) is 5.88 Å². The van der Waals surface area contributed by atoms with Crippen LogP contribution < -0.4 is 0 Å². The Kier molecular flexibility index (Phi) is 2.83. The highest BCUT2D eigenvalue weighted by Gasteiger charge is 2.35. The van der Waals surface area contributed by atoms with Gasteiger partial charge in [-0.1, -0.05) is 12.1 Å². The minimum Gasteiger partial charge on any atom is -0.400 e. The number of benzene rings is 1. The van der Waals surface area contributed by atoms with Crippen molar-refractivity contribution in [2.75, 3.05) is 0 Å². The molecule has 1 aromatic carbocycles. The van der Waals surface area contributed by atoms with E-state index in [1.165, 1.54) is 18.2 Å². The highest BCUT2D eigenvalue weighted by atomic mass is 16.6. The number of hydrogen-bond acceptors (Lipinski definition) is 6. The fraction of sp³-hybridized carbons (Fsp3) is 0. The number of hydrazone groups is 1. The minimum absolute atomic E-state index is 0.0678. The molecule has 2 amide bonds. The van der Waals surface area contributed by atoms with Crippen molar-refractivity contribution in [3.05, 3.63) is 63.4 Å². The molecule has 0 N–H and O–H groups in total. The van der Waals surface area contributed by atoms with Crippen molar-refractivity contribution in [1.29, 1.82) is 0 Å². The third-order valence-corrected chi connectivity index (χ3v) is 2.87. The van der Waals surface area contributed by atoms with Crippen molar-refractivity contribution in [3.63, 3.8) is 0 Å². The summed E-state index contributed by atoms with van der Waals surface area (Å²) in [5.74, 6) is -1.47. The summed E-state index contributed by atoms with van der Waals surface area (Å²) in [5, 5.41) is 14.9. The molecule has 0 saturated heterocycles. The topological polar surface area (TPSA) is 106 Å². The summed E-state index contributed by atoms with van der Waals surface area (Å²) in [6.07, 6.45) is 1.08. The molecule has 0 saturated carbocycles. The van der Waals surface area contributed by atoms with Crippen LogP contribution in [0.25, 0.3) is 0 Å². The van der Waals surface area contributed by atoms with E-state index in [2.05, 4.69) is 5.10 Å². The van der Waals surface area contributed by atoms with Crippen molar-refractivity contribution in [2.24, 2.45) is 5.10 Å². The first kappa shape index (κ1) is 12.7. The maximum Gasteiger partial charge on any atom is 0.433 e. The van der Waals surface area contributed by atoms with Gasteiger partial charge in [0.15, 0.2) is 5.76 Å². The SMILES string of the molecule is O=C1c2ccccc2C(=O)N1/N=C/c1ccc([N+](=O)[O-])o1. The molecule has 1 aliphatic rings. The van der Waals surface area contributed by atoms with Gasteiger partial charge < -0.3 is 4.42 Å². The van der Waals surface area contributed by atoms with Gasteiger partial charge in [-0.15, -0.1) is 0 Å². The summed E-state index contributed by atoms with van der Waals surface area (Å²) in [6.45, 7) is 0. The lowest BCUT2D eigenvalue weighted by Gasteiger charge is -2.04. The number of hydrogen-bond donors (Lipinski definition) is 0. The van der Waals surface area contributed by atoms with Gasteiger partial charge in [0.2, 0.25) is 0 Å². The van der Waals surface area contributed by atoms with Crippen LogP contribution in [0, 0.1) is 10.1 Å². The molecule has 21 heavy (non-hydrogen) atoms. The Labute approximate surface area is 117 Å². The highest BCUT2D eigenvalue weighted by molar-refractivity contribution is 6.21. The van der Waals surface area contributed by atoms with Gasteiger partial charge in [-0.25, -0.2) is 0 Å². The second-order valence-corrected chi connectivity index (χ2v) is 4.15. The van der Waals surface area contributed by atoms with Gasteiger partial charge in [-0.3, -0.25) is 19.7 Å². The van der Waals surface area contributed by atoms with Gasteiger partial charge in [0.25, 0.3) is 11.8 Å². The molecule has 0 unspecified atom stereocenters. The molecule has 0 atom stereocenters. The lowest BCUT2D eigenvalue weighted by atomic mass is 10.1. The quantitative estimate of drug-likeness (QED) is 0.370. The Balaban J connectivity index is 1.86. The van der Waals surface area contributed by atoms with E-state index in [1.807, 2.05) is 0 Å². The van der Waals surface area contributed by atoms with Crippen molar-refractivity contribution in [3.8, 4) is 0 Å². The first-order chi connectivity index (χ1) is 10.1. The van der Waals surface area contributed by atoms with Crippen molar-refractivity contribution < 1.29 is 18.9 Å². The third-order valence-electron chi connectivity index (χ3n) is 2.87. The van der Waals surface area contributed by atoms with Crippen LogP contribution in [-0.4, -0.2) is 28.0 Å². The van der Waals surface area contributed by atoms with Gasteiger partial charge in [0, 0.05) is 0 Å². The molecule has 0 bridgehead atoms. The van der Waals surface area contributed by atoms with E-state index in [0.717, 1.165) is 12.3 Å². The van der Waals surface area contributed by atoms with E-state index in [-0.39, 0.29) is 16.9 Å². The van der Waals surface area contributed by atoms with E-state index in [0.29, 0.717) is 5.01 Å². The predicted molar refractivity (Wildman–Crippen MR) is 69.9 cm³/mol. The van der Waals surface area contributed by atoms with Crippen LogP contribution in [-0.2, 0) is 0 Å². The number of carbonyl (C=O) groups excluding carboxylic acids is 2. The average Bonchev–Trinajstić information content (AvgIpc) is 3.03. The zero-order chi connectivity index (χ0) is 15.0. The van der Waals surface area contributed by atoms with Gasteiger partial charge in [0.05, 0.1) is 23.4 Å². The number of nitro groups is 1. The molecule has 8 heteroatoms. The van der Waals surface area contributed by atoms with Crippen LogP contribution in [0.3, 0.4) is 0 Å². The largest absolute Gasteiger partial charge is 0.433 e. The average molecular weight is 285 g/mol. The van der Waals surface area contributed by atoms with Crippen molar-refractivity contribution >= 4 is 23.9 Å². The smallest absolute Gasteiger partial charge is 0.400 e. The minimum atomic E-state index is -0.695. The normalized spacial score (nSPS) is 14.0. The van der Waals surface area contributed by atoms with Crippen molar-refractivity contribution in [2.45, 2.75) is 0 Å². The number of rotatable bonds is 3. The lowest BCUT2D eigenvalue weighted by Crippen LogP contribution is -2.23. The molecule has 1 aliphatic heterocycles. The summed E-state index contributed by atoms with van der Waals surface area (Å²) in [7, 11) is 0. The van der Waals surface area contributed by atoms with E-state index in [9.17, 15) is 19.7 Å². The maximum absolute atomic E-state index is 12.0. The van der Waals surface area contributed by atoms with E-state index in [4.69, 9.17) is 4.42 Å². The first-order valence-electron chi connectivity index (χ1n) is 5.84. The molecule has 0 fully saturated rings. The molecule has 0 spiro atoms. The predicted octanol–water partition coefficient (Wildman–Crippen LogP) is 1.82. The van der Waals surface area contributed by atoms with Crippen LogP contribution in [0.2, 0.25) is 0 Å². The fourth-order valence-electron chi connectivity index (χ4n) is 1.91. The summed E-state index contributed by atoms with van der Waals surface area (Å²) >= 11 is 0. The Bertz CT molecular complexity index is 758. The van der Waals surface area contributed by atoms with Crippen molar-refractivity contribution in [1.82, 2.24) is 5.01 Å². The fourth-order valence-corrected chi connectivity index (χ4v) is 1.91. The zero-order valence-electron chi connectivity index (χ0n) is 10.4. The molecule has 1 aromatic heterocycles. The summed E-state index contributed by atoms with van der Waals surface area (Å²) < 4.78 is 4.85. The molecule has 3 rings (SSSR count). The number of carbonyl (C=O) groups is 2. The second-order valence-electron chi connectivity index (χ2n) is 4.15. The number of amides is 2. The van der Waals surface area contributed by atoms with Crippen LogP contribution in [0.5, 0.6) is 0 Å². The van der Waals surface area contributed by atoms with Gasteiger partial charge in [0.1, 0.15) is 4.92 Å². The summed E-state index contributed by atoms with van der Waals surface area (Å²) in [6, 6.07) is 8.83. The number of fused-ring (bicyclic) bond motifs is 1. The Morgan fingerprint density at radius 2 is 1.71 bits per heavy atom. The van der Waals surface area contributed by atoms with Gasteiger partial charge in [-0.2, -0.15) is 10.1 Å². The van der Waals surface area contributed by atoms with Gasteiger partial charge >= 0.3 is 5.88 Å². The number of nitrogens with zero attached hydrogens (tertiary/aromatic N) is 3. The summed E-state index contributed by atoms with van der Waals surface area (Å²) in [5.41, 5.74) is 0.537. The molecule has 0 aliphatic carbocycles. The third kappa shape index (κ3) is 2.08. The lowest BCUT2D eigenvalue weighted by molar-refractivity contribution is -0.402. The molecular formula is C13H7N3O5. The zero-order valence-corrected chi connectivity index (χ0v) is 10.4. The maximum atomic E-state index is 12.0. The monoisotopic (exact) mass is 285 g/mol.